The molecule has 0 saturated carbocycles. The van der Waals surface area contributed by atoms with Gasteiger partial charge < -0.3 is 9.47 Å². The first-order chi connectivity index (χ1) is 4.93. The van der Waals surface area contributed by atoms with E-state index in [9.17, 15) is 13.2 Å². The van der Waals surface area contributed by atoms with Crippen LogP contribution in [0.5, 0.6) is 0 Å². The predicted molar refractivity (Wildman–Crippen MR) is 33.1 cm³/mol. The van der Waals surface area contributed by atoms with Crippen LogP contribution in [0.3, 0.4) is 0 Å². The van der Waals surface area contributed by atoms with Gasteiger partial charge in [-0.05, 0) is 0 Å². The lowest BCUT2D eigenvalue weighted by atomic mass is 10.2. The normalized spacial score (nSPS) is 13.6. The van der Waals surface area contributed by atoms with E-state index in [0.717, 1.165) is 14.2 Å². The highest BCUT2D eigenvalue weighted by Gasteiger charge is 2.55. The number of rotatable bonds is 3. The minimum absolute atomic E-state index is 0.260. The van der Waals surface area contributed by atoms with Crippen LogP contribution in [-0.2, 0) is 9.47 Å². The van der Waals surface area contributed by atoms with Crippen molar-refractivity contribution in [2.75, 3.05) is 14.2 Å². The average molecular weight is 172 g/mol. The number of methoxy groups -OCH3 is 2. The molecule has 0 aliphatic heterocycles. The van der Waals surface area contributed by atoms with Gasteiger partial charge in [0.25, 0.3) is 5.79 Å². The van der Waals surface area contributed by atoms with Gasteiger partial charge in [-0.15, -0.1) is 0 Å². The van der Waals surface area contributed by atoms with E-state index in [2.05, 4.69) is 9.47 Å². The van der Waals surface area contributed by atoms with Crippen molar-refractivity contribution in [2.24, 2.45) is 0 Å². The SMILES string of the molecule is CCC(OC)(OC)C(F)(F)F. The third kappa shape index (κ3) is 1.84. The van der Waals surface area contributed by atoms with E-state index in [1.54, 1.807) is 0 Å². The van der Waals surface area contributed by atoms with Gasteiger partial charge in [-0.25, -0.2) is 0 Å². The second-order valence-corrected chi connectivity index (χ2v) is 2.01. The van der Waals surface area contributed by atoms with Gasteiger partial charge in [-0.3, -0.25) is 0 Å². The van der Waals surface area contributed by atoms with Gasteiger partial charge in [-0.1, -0.05) is 6.92 Å². The number of halogens is 3. The summed E-state index contributed by atoms with van der Waals surface area (Å²) >= 11 is 0. The van der Waals surface area contributed by atoms with Crippen molar-refractivity contribution in [3.05, 3.63) is 0 Å². The largest absolute Gasteiger partial charge is 0.443 e. The van der Waals surface area contributed by atoms with Gasteiger partial charge in [0.1, 0.15) is 0 Å². The minimum atomic E-state index is -4.48. The predicted octanol–water partition coefficient (Wildman–Crippen LogP) is 1.95. The molecule has 0 aliphatic rings. The molecule has 0 aromatic carbocycles. The Morgan fingerprint density at radius 2 is 1.45 bits per heavy atom. The molecule has 68 valence electrons. The molecule has 0 fully saturated rings. The molecule has 0 N–H and O–H groups in total. The summed E-state index contributed by atoms with van der Waals surface area (Å²) in [6, 6.07) is 0. The summed E-state index contributed by atoms with van der Waals surface area (Å²) in [4.78, 5) is 0. The standard InChI is InChI=1S/C6H11F3O2/c1-4-5(10-2,11-3)6(7,8)9/h4H2,1-3H3. The van der Waals surface area contributed by atoms with Crippen molar-refractivity contribution in [1.29, 1.82) is 0 Å². The van der Waals surface area contributed by atoms with E-state index < -0.39 is 12.0 Å². The van der Waals surface area contributed by atoms with E-state index in [1.807, 2.05) is 0 Å². The lowest BCUT2D eigenvalue weighted by molar-refractivity contribution is -0.367. The van der Waals surface area contributed by atoms with Crippen LogP contribution in [0, 0.1) is 0 Å². The maximum Gasteiger partial charge on any atom is 0.443 e. The topological polar surface area (TPSA) is 18.5 Å². The highest BCUT2D eigenvalue weighted by Crippen LogP contribution is 2.36. The van der Waals surface area contributed by atoms with Crippen molar-refractivity contribution >= 4 is 0 Å². The Balaban J connectivity index is 4.54. The zero-order chi connectivity index (χ0) is 9.12. The first-order valence-corrected chi connectivity index (χ1v) is 3.10. The molecule has 0 amide bonds. The lowest BCUT2D eigenvalue weighted by Crippen LogP contribution is -2.48. The van der Waals surface area contributed by atoms with Crippen molar-refractivity contribution in [2.45, 2.75) is 25.3 Å². The Bertz CT molecular complexity index is 109. The summed E-state index contributed by atoms with van der Waals surface area (Å²) < 4.78 is 44.9. The van der Waals surface area contributed by atoms with Gasteiger partial charge in [0.15, 0.2) is 0 Å². The molecule has 0 aromatic rings. The Hall–Kier alpha value is -0.290. The monoisotopic (exact) mass is 172 g/mol. The van der Waals surface area contributed by atoms with Crippen molar-refractivity contribution < 1.29 is 22.6 Å². The minimum Gasteiger partial charge on any atom is -0.346 e. The second kappa shape index (κ2) is 3.40. The average Bonchev–Trinajstić information content (AvgIpc) is 1.90. The van der Waals surface area contributed by atoms with E-state index in [4.69, 9.17) is 0 Å². The molecule has 0 atom stereocenters. The van der Waals surface area contributed by atoms with E-state index in [0.29, 0.717) is 0 Å². The first kappa shape index (κ1) is 10.7. The summed E-state index contributed by atoms with van der Waals surface area (Å²) in [6.45, 7) is 1.35. The molecule has 2 nitrogen and oxygen atoms in total. The third-order valence-corrected chi connectivity index (χ3v) is 1.56. The summed E-state index contributed by atoms with van der Waals surface area (Å²) in [5, 5.41) is 0. The number of hydrogen-bond donors (Lipinski definition) is 0. The Morgan fingerprint density at radius 3 is 1.45 bits per heavy atom. The Labute approximate surface area is 63.3 Å². The van der Waals surface area contributed by atoms with Gasteiger partial charge in [0, 0.05) is 20.6 Å². The van der Waals surface area contributed by atoms with Crippen molar-refractivity contribution in [3.63, 3.8) is 0 Å². The fourth-order valence-electron chi connectivity index (χ4n) is 0.804. The van der Waals surface area contributed by atoms with Crippen LogP contribution in [0.25, 0.3) is 0 Å². The molecule has 5 heteroatoms. The molecule has 0 heterocycles. The smallest absolute Gasteiger partial charge is 0.346 e. The fourth-order valence-corrected chi connectivity index (χ4v) is 0.804. The molecule has 11 heavy (non-hydrogen) atoms. The molecule has 0 rings (SSSR count). The zero-order valence-electron chi connectivity index (χ0n) is 6.66. The van der Waals surface area contributed by atoms with Gasteiger partial charge >= 0.3 is 6.18 Å². The molecule has 0 bridgehead atoms. The van der Waals surface area contributed by atoms with Gasteiger partial charge in [0.2, 0.25) is 0 Å². The maximum atomic E-state index is 12.1. The van der Waals surface area contributed by atoms with Gasteiger partial charge in [-0.2, -0.15) is 13.2 Å². The molecular weight excluding hydrogens is 161 g/mol. The van der Waals surface area contributed by atoms with E-state index in [-0.39, 0.29) is 6.42 Å². The highest BCUT2D eigenvalue weighted by atomic mass is 19.4. The van der Waals surface area contributed by atoms with Crippen LogP contribution in [0.2, 0.25) is 0 Å². The Kier molecular flexibility index (Phi) is 3.31. The fraction of sp³-hybridized carbons (Fsp3) is 1.00. The van der Waals surface area contributed by atoms with Crippen LogP contribution in [0.4, 0.5) is 13.2 Å². The van der Waals surface area contributed by atoms with Crippen LogP contribution < -0.4 is 0 Å². The van der Waals surface area contributed by atoms with Crippen LogP contribution in [0.1, 0.15) is 13.3 Å². The summed E-state index contributed by atoms with van der Waals surface area (Å²) in [6.07, 6.45) is -4.74. The molecule has 0 spiro atoms. The summed E-state index contributed by atoms with van der Waals surface area (Å²) in [7, 11) is 1.95. The maximum absolute atomic E-state index is 12.1. The number of ether oxygens (including phenoxy) is 2. The van der Waals surface area contributed by atoms with Gasteiger partial charge in [0.05, 0.1) is 0 Å². The van der Waals surface area contributed by atoms with Crippen molar-refractivity contribution in [1.82, 2.24) is 0 Å². The number of alkyl halides is 3. The quantitative estimate of drug-likeness (QED) is 0.606. The second-order valence-electron chi connectivity index (χ2n) is 2.01. The highest BCUT2D eigenvalue weighted by molar-refractivity contribution is 4.76. The molecule has 0 radical (unpaired) electrons. The van der Waals surface area contributed by atoms with E-state index in [1.165, 1.54) is 6.92 Å². The summed E-state index contributed by atoms with van der Waals surface area (Å²) in [5.74, 6) is -2.44. The molecule has 0 aliphatic carbocycles. The summed E-state index contributed by atoms with van der Waals surface area (Å²) in [5.41, 5.74) is 0. The molecular formula is C6H11F3O2. The molecule has 0 aromatic heterocycles. The van der Waals surface area contributed by atoms with Crippen LogP contribution >= 0.6 is 0 Å². The number of hydrogen-bond acceptors (Lipinski definition) is 2. The van der Waals surface area contributed by atoms with E-state index >= 15 is 0 Å². The molecule has 0 saturated heterocycles. The lowest BCUT2D eigenvalue weighted by Gasteiger charge is -2.31. The first-order valence-electron chi connectivity index (χ1n) is 3.10. The van der Waals surface area contributed by atoms with Crippen molar-refractivity contribution in [3.8, 4) is 0 Å². The van der Waals surface area contributed by atoms with Crippen LogP contribution in [0.15, 0.2) is 0 Å². The Morgan fingerprint density at radius 1 is 1.09 bits per heavy atom. The third-order valence-electron chi connectivity index (χ3n) is 1.56. The molecule has 0 unspecified atom stereocenters. The zero-order valence-corrected chi connectivity index (χ0v) is 6.66. The van der Waals surface area contributed by atoms with Crippen LogP contribution in [-0.4, -0.2) is 26.2 Å².